The molecular weight excluding hydrogens is 413 g/mol. The molecule has 0 aliphatic carbocycles. The smallest absolute Gasteiger partial charge is 0.289 e. The van der Waals surface area contributed by atoms with E-state index in [1.165, 1.54) is 10.4 Å². The van der Waals surface area contributed by atoms with E-state index in [9.17, 15) is 18.5 Å². The van der Waals surface area contributed by atoms with Gasteiger partial charge in [-0.3, -0.25) is 10.1 Å². The molecule has 2 atom stereocenters. The largest absolute Gasteiger partial charge is 0.330 e. The molecule has 0 saturated carbocycles. The number of nitrogens with zero attached hydrogens (tertiary/aromatic N) is 2. The Hall–Kier alpha value is -1.71. The molecule has 0 radical (unpaired) electrons. The van der Waals surface area contributed by atoms with Crippen LogP contribution in [0.15, 0.2) is 53.4 Å². The van der Waals surface area contributed by atoms with E-state index in [-0.39, 0.29) is 47.3 Å². The SMILES string of the molecule is Cl.NC[C@@H]1CN(S(=O)(=O)c2cc(Cl)ccc2[N+](=O)[O-])C[C@H]1c1ccccc1. The van der Waals surface area contributed by atoms with E-state index in [2.05, 4.69) is 0 Å². The molecule has 1 heterocycles. The molecule has 1 fully saturated rings. The molecule has 10 heteroatoms. The summed E-state index contributed by atoms with van der Waals surface area (Å²) < 4.78 is 27.4. The van der Waals surface area contributed by atoms with Crippen molar-refractivity contribution < 1.29 is 13.3 Å². The van der Waals surface area contributed by atoms with Crippen molar-refractivity contribution in [1.82, 2.24) is 4.31 Å². The number of nitro groups is 1. The lowest BCUT2D eigenvalue weighted by Gasteiger charge is -2.17. The van der Waals surface area contributed by atoms with Gasteiger partial charge in [-0.2, -0.15) is 4.31 Å². The van der Waals surface area contributed by atoms with Crippen molar-refractivity contribution in [3.8, 4) is 0 Å². The van der Waals surface area contributed by atoms with Crippen molar-refractivity contribution in [3.05, 3.63) is 69.2 Å². The van der Waals surface area contributed by atoms with Crippen LogP contribution in [0.1, 0.15) is 11.5 Å². The molecule has 2 aromatic carbocycles. The van der Waals surface area contributed by atoms with E-state index in [1.54, 1.807) is 0 Å². The van der Waals surface area contributed by atoms with Gasteiger partial charge in [0.05, 0.1) is 4.92 Å². The van der Waals surface area contributed by atoms with Crippen molar-refractivity contribution in [2.24, 2.45) is 11.7 Å². The fourth-order valence-electron chi connectivity index (χ4n) is 3.33. The Morgan fingerprint density at radius 1 is 1.19 bits per heavy atom. The standard InChI is InChI=1S/C17H18ClN3O4S.ClH/c18-14-6-7-16(21(22)23)17(8-14)26(24,25)20-10-13(9-19)15(11-20)12-4-2-1-3-5-12;/h1-8,13,15H,9-11,19H2;1H/t13-,15+;/m1./s1. The van der Waals surface area contributed by atoms with Gasteiger partial charge in [0.1, 0.15) is 0 Å². The number of halogens is 2. The first-order valence-corrected chi connectivity index (χ1v) is 9.85. The molecule has 27 heavy (non-hydrogen) atoms. The zero-order valence-electron chi connectivity index (χ0n) is 14.2. The maximum absolute atomic E-state index is 13.1. The highest BCUT2D eigenvalue weighted by Crippen LogP contribution is 2.37. The number of rotatable bonds is 5. The minimum absolute atomic E-state index is 0. The molecule has 0 amide bonds. The van der Waals surface area contributed by atoms with Gasteiger partial charge in [0.2, 0.25) is 10.0 Å². The highest BCUT2D eigenvalue weighted by molar-refractivity contribution is 7.89. The van der Waals surface area contributed by atoms with E-state index in [4.69, 9.17) is 17.3 Å². The lowest BCUT2D eigenvalue weighted by molar-refractivity contribution is -0.387. The number of hydrogen-bond donors (Lipinski definition) is 1. The fraction of sp³-hybridized carbons (Fsp3) is 0.294. The van der Waals surface area contributed by atoms with Gasteiger partial charge in [0, 0.05) is 30.1 Å². The van der Waals surface area contributed by atoms with Crippen LogP contribution in [-0.4, -0.2) is 37.3 Å². The van der Waals surface area contributed by atoms with Crippen LogP contribution in [0.4, 0.5) is 5.69 Å². The first kappa shape index (κ1) is 21.6. The summed E-state index contributed by atoms with van der Waals surface area (Å²) in [7, 11) is -4.07. The first-order chi connectivity index (χ1) is 12.3. The van der Waals surface area contributed by atoms with Gasteiger partial charge < -0.3 is 5.73 Å². The van der Waals surface area contributed by atoms with Gasteiger partial charge in [0.25, 0.3) is 5.69 Å². The third kappa shape index (κ3) is 4.25. The molecule has 3 rings (SSSR count). The summed E-state index contributed by atoms with van der Waals surface area (Å²) in [6.07, 6.45) is 0. The summed E-state index contributed by atoms with van der Waals surface area (Å²) >= 11 is 5.89. The Morgan fingerprint density at radius 3 is 2.44 bits per heavy atom. The molecule has 0 aromatic heterocycles. The predicted octanol–water partition coefficient (Wildman–Crippen LogP) is 3.03. The maximum Gasteiger partial charge on any atom is 0.289 e. The van der Waals surface area contributed by atoms with Gasteiger partial charge in [-0.05, 0) is 30.2 Å². The van der Waals surface area contributed by atoms with Gasteiger partial charge in [-0.25, -0.2) is 8.42 Å². The highest BCUT2D eigenvalue weighted by Gasteiger charge is 2.41. The third-order valence-electron chi connectivity index (χ3n) is 4.67. The quantitative estimate of drug-likeness (QED) is 0.578. The van der Waals surface area contributed by atoms with Crippen LogP contribution in [0, 0.1) is 16.0 Å². The number of nitro benzene ring substituents is 1. The van der Waals surface area contributed by atoms with Crippen LogP contribution in [0.2, 0.25) is 5.02 Å². The van der Waals surface area contributed by atoms with E-state index in [1.807, 2.05) is 30.3 Å². The molecule has 146 valence electrons. The fourth-order valence-corrected chi connectivity index (χ4v) is 5.27. The Morgan fingerprint density at radius 2 is 1.85 bits per heavy atom. The minimum Gasteiger partial charge on any atom is -0.330 e. The van der Waals surface area contributed by atoms with E-state index >= 15 is 0 Å². The second-order valence-corrected chi connectivity index (χ2v) is 8.55. The maximum atomic E-state index is 13.1. The Balaban J connectivity index is 0.00000261. The normalized spacial score (nSPS) is 20.2. The van der Waals surface area contributed by atoms with Crippen LogP contribution < -0.4 is 5.73 Å². The second kappa shape index (κ2) is 8.53. The van der Waals surface area contributed by atoms with Crippen molar-refractivity contribution >= 4 is 39.7 Å². The summed E-state index contributed by atoms with van der Waals surface area (Å²) in [4.78, 5) is 10.2. The van der Waals surface area contributed by atoms with Gasteiger partial charge in [-0.15, -0.1) is 12.4 Å². The molecule has 1 aliphatic heterocycles. The topological polar surface area (TPSA) is 107 Å². The minimum atomic E-state index is -4.07. The van der Waals surface area contributed by atoms with Crippen molar-refractivity contribution in [3.63, 3.8) is 0 Å². The molecule has 0 unspecified atom stereocenters. The molecule has 1 aliphatic rings. The summed E-state index contributed by atoms with van der Waals surface area (Å²) in [5.74, 6) is -0.125. The predicted molar refractivity (Wildman–Crippen MR) is 106 cm³/mol. The van der Waals surface area contributed by atoms with E-state index < -0.39 is 20.6 Å². The monoisotopic (exact) mass is 431 g/mol. The summed E-state index contributed by atoms with van der Waals surface area (Å²) in [5, 5.41) is 11.4. The number of hydrogen-bond acceptors (Lipinski definition) is 5. The molecule has 2 aromatic rings. The molecule has 0 bridgehead atoms. The average Bonchev–Trinajstić information content (AvgIpc) is 3.07. The van der Waals surface area contributed by atoms with Crippen molar-refractivity contribution in [1.29, 1.82) is 0 Å². The Bertz CT molecular complexity index is 925. The zero-order valence-corrected chi connectivity index (χ0v) is 16.6. The number of benzene rings is 2. The highest BCUT2D eigenvalue weighted by atomic mass is 35.5. The van der Waals surface area contributed by atoms with Crippen LogP contribution in [0.25, 0.3) is 0 Å². The van der Waals surface area contributed by atoms with Gasteiger partial charge >= 0.3 is 0 Å². The van der Waals surface area contributed by atoms with Crippen LogP contribution in [0.5, 0.6) is 0 Å². The lowest BCUT2D eigenvalue weighted by Crippen LogP contribution is -2.30. The van der Waals surface area contributed by atoms with Crippen LogP contribution in [0.3, 0.4) is 0 Å². The lowest BCUT2D eigenvalue weighted by atomic mass is 9.89. The van der Waals surface area contributed by atoms with Crippen molar-refractivity contribution in [2.75, 3.05) is 19.6 Å². The van der Waals surface area contributed by atoms with Crippen LogP contribution >= 0.6 is 24.0 Å². The molecule has 7 nitrogen and oxygen atoms in total. The van der Waals surface area contributed by atoms with Crippen molar-refractivity contribution in [2.45, 2.75) is 10.8 Å². The molecular formula is C17H19Cl2N3O4S. The number of nitrogens with two attached hydrogens (primary N) is 1. The van der Waals surface area contributed by atoms with Gasteiger partial charge in [0.15, 0.2) is 4.90 Å². The Kier molecular flexibility index (Phi) is 6.82. The van der Waals surface area contributed by atoms with E-state index in [0.29, 0.717) is 6.54 Å². The summed E-state index contributed by atoms with van der Waals surface area (Å²) in [6, 6.07) is 13.1. The van der Waals surface area contributed by atoms with Crippen LogP contribution in [-0.2, 0) is 10.0 Å². The molecule has 1 saturated heterocycles. The first-order valence-electron chi connectivity index (χ1n) is 8.03. The molecule has 0 spiro atoms. The molecule has 2 N–H and O–H groups in total. The average molecular weight is 432 g/mol. The summed E-state index contributed by atoms with van der Waals surface area (Å²) in [5.41, 5.74) is 6.37. The van der Waals surface area contributed by atoms with Gasteiger partial charge in [-0.1, -0.05) is 41.9 Å². The number of sulfonamides is 1. The van der Waals surface area contributed by atoms with E-state index in [0.717, 1.165) is 17.7 Å². The Labute approximate surface area is 168 Å². The second-order valence-electron chi connectivity index (χ2n) is 6.20. The zero-order chi connectivity index (χ0) is 18.9. The third-order valence-corrected chi connectivity index (χ3v) is 6.77. The summed E-state index contributed by atoms with van der Waals surface area (Å²) in [6.45, 7) is 0.753.